The highest BCUT2D eigenvalue weighted by molar-refractivity contribution is 9.11. The van der Waals surface area contributed by atoms with Crippen molar-refractivity contribution in [3.05, 3.63) is 89.0 Å². The number of halogens is 1. The number of fused-ring (bicyclic) bond motifs is 1. The van der Waals surface area contributed by atoms with E-state index < -0.39 is 5.69 Å². The number of benzene rings is 1. The van der Waals surface area contributed by atoms with Crippen molar-refractivity contribution < 1.29 is 4.79 Å². The summed E-state index contributed by atoms with van der Waals surface area (Å²) in [5.41, 5.74) is 0.815. The first-order valence-corrected chi connectivity index (χ1v) is 11.1. The molecule has 4 rings (SSSR count). The Morgan fingerprint density at radius 1 is 1.00 bits per heavy atom. The molecular weight excluding hydrogens is 460 g/mol. The molecule has 0 atom stereocenters. The molecule has 3 aromatic heterocycles. The maximum absolute atomic E-state index is 13.1. The normalized spacial score (nSPS) is 11.2. The molecule has 0 radical (unpaired) electrons. The monoisotopic (exact) mass is 474 g/mol. The van der Waals surface area contributed by atoms with Crippen LogP contribution in [0.25, 0.3) is 10.2 Å². The fourth-order valence-electron chi connectivity index (χ4n) is 3.05. The van der Waals surface area contributed by atoms with E-state index in [2.05, 4.69) is 15.9 Å². The van der Waals surface area contributed by atoms with Gasteiger partial charge in [0.05, 0.1) is 20.7 Å². The Bertz CT molecular complexity index is 1270. The molecule has 0 aliphatic rings. The SMILES string of the molecule is O=C(Cn1c(=O)n(CCc2ccccc2)c(=O)c2sccc21)c1ccc(Br)s1. The van der Waals surface area contributed by atoms with Crippen LogP contribution in [0.3, 0.4) is 0 Å². The Hall–Kier alpha value is -2.29. The summed E-state index contributed by atoms with van der Waals surface area (Å²) in [5, 5.41) is 1.77. The molecule has 0 N–H and O–H groups in total. The number of rotatable bonds is 6. The summed E-state index contributed by atoms with van der Waals surface area (Å²) >= 11 is 5.97. The first-order chi connectivity index (χ1) is 13.5. The van der Waals surface area contributed by atoms with Gasteiger partial charge in [-0.2, -0.15) is 0 Å². The highest BCUT2D eigenvalue weighted by atomic mass is 79.9. The third-order valence-corrected chi connectivity index (χ3v) is 7.01. The molecule has 28 heavy (non-hydrogen) atoms. The maximum Gasteiger partial charge on any atom is 0.331 e. The lowest BCUT2D eigenvalue weighted by Crippen LogP contribution is -2.41. The fourth-order valence-corrected chi connectivity index (χ4v) is 5.21. The third kappa shape index (κ3) is 3.67. The molecule has 3 heterocycles. The highest BCUT2D eigenvalue weighted by Gasteiger charge is 2.18. The lowest BCUT2D eigenvalue weighted by molar-refractivity contribution is 0.0975. The van der Waals surface area contributed by atoms with Gasteiger partial charge in [-0.25, -0.2) is 4.79 Å². The molecule has 0 aliphatic carbocycles. The van der Waals surface area contributed by atoms with Crippen molar-refractivity contribution in [3.8, 4) is 0 Å². The zero-order chi connectivity index (χ0) is 19.7. The summed E-state index contributed by atoms with van der Waals surface area (Å²) in [6, 6.07) is 15.0. The standard InChI is InChI=1S/C20H15BrN2O3S2/c21-17-7-6-16(28-17)15(24)12-23-14-9-11-27-18(14)19(25)22(20(23)26)10-8-13-4-2-1-3-5-13/h1-7,9,11H,8,10,12H2. The fraction of sp³-hybridized carbons (Fsp3) is 0.150. The number of carbonyl (C=O) groups is 1. The largest absolute Gasteiger partial charge is 0.331 e. The number of nitrogens with zero attached hydrogens (tertiary/aromatic N) is 2. The topological polar surface area (TPSA) is 61.1 Å². The highest BCUT2D eigenvalue weighted by Crippen LogP contribution is 2.23. The molecule has 0 saturated heterocycles. The summed E-state index contributed by atoms with van der Waals surface area (Å²) in [4.78, 5) is 39.1. The molecule has 1 aromatic carbocycles. The molecule has 142 valence electrons. The van der Waals surface area contributed by atoms with E-state index in [-0.39, 0.29) is 24.4 Å². The minimum atomic E-state index is -0.448. The number of thiophene rings is 2. The van der Waals surface area contributed by atoms with Crippen molar-refractivity contribution in [1.29, 1.82) is 0 Å². The van der Waals surface area contributed by atoms with Crippen LogP contribution < -0.4 is 11.2 Å². The molecule has 0 spiro atoms. The van der Waals surface area contributed by atoms with Crippen LogP contribution in [0.1, 0.15) is 15.2 Å². The average Bonchev–Trinajstić information content (AvgIpc) is 3.35. The number of hydrogen-bond acceptors (Lipinski definition) is 5. The Balaban J connectivity index is 1.73. The van der Waals surface area contributed by atoms with E-state index in [0.29, 0.717) is 21.5 Å². The van der Waals surface area contributed by atoms with E-state index in [1.54, 1.807) is 17.5 Å². The van der Waals surface area contributed by atoms with Gasteiger partial charge in [-0.3, -0.25) is 18.7 Å². The van der Waals surface area contributed by atoms with Crippen LogP contribution in [0, 0.1) is 0 Å². The molecule has 0 amide bonds. The predicted octanol–water partition coefficient (Wildman–Crippen LogP) is 4.17. The lowest BCUT2D eigenvalue weighted by Gasteiger charge is -2.11. The van der Waals surface area contributed by atoms with Crippen LogP contribution in [0.4, 0.5) is 0 Å². The van der Waals surface area contributed by atoms with Gasteiger partial charge >= 0.3 is 5.69 Å². The van der Waals surface area contributed by atoms with Crippen molar-refractivity contribution in [1.82, 2.24) is 9.13 Å². The number of ketones is 1. The molecule has 0 fully saturated rings. The van der Waals surface area contributed by atoms with Crippen molar-refractivity contribution in [3.63, 3.8) is 0 Å². The summed E-state index contributed by atoms with van der Waals surface area (Å²) in [5.74, 6) is -0.154. The Labute approximate surface area is 176 Å². The second-order valence-corrected chi connectivity index (χ2v) is 9.60. The molecule has 0 unspecified atom stereocenters. The van der Waals surface area contributed by atoms with Gasteiger partial charge in [0.25, 0.3) is 5.56 Å². The van der Waals surface area contributed by atoms with Crippen molar-refractivity contribution in [2.45, 2.75) is 19.5 Å². The molecule has 0 bridgehead atoms. The van der Waals surface area contributed by atoms with Gasteiger partial charge in [0, 0.05) is 6.54 Å². The first kappa shape index (κ1) is 19.0. The van der Waals surface area contributed by atoms with Crippen LogP contribution >= 0.6 is 38.6 Å². The van der Waals surface area contributed by atoms with E-state index in [4.69, 9.17) is 0 Å². The number of aryl methyl sites for hydroxylation is 1. The van der Waals surface area contributed by atoms with Crippen molar-refractivity contribution in [2.24, 2.45) is 0 Å². The van der Waals surface area contributed by atoms with Gasteiger partial charge in [0.2, 0.25) is 0 Å². The van der Waals surface area contributed by atoms with E-state index in [1.807, 2.05) is 36.4 Å². The average molecular weight is 475 g/mol. The lowest BCUT2D eigenvalue weighted by atomic mass is 10.1. The van der Waals surface area contributed by atoms with Crippen LogP contribution in [-0.2, 0) is 19.5 Å². The van der Waals surface area contributed by atoms with E-state index >= 15 is 0 Å². The summed E-state index contributed by atoms with van der Waals surface area (Å²) in [6.07, 6.45) is 0.568. The van der Waals surface area contributed by atoms with Crippen molar-refractivity contribution >= 4 is 54.6 Å². The molecule has 5 nitrogen and oxygen atoms in total. The van der Waals surface area contributed by atoms with Gasteiger partial charge in [-0.15, -0.1) is 22.7 Å². The van der Waals surface area contributed by atoms with Crippen LogP contribution in [0.2, 0.25) is 0 Å². The summed E-state index contributed by atoms with van der Waals surface area (Å²) < 4.78 is 4.00. The van der Waals surface area contributed by atoms with E-state index in [1.165, 1.54) is 31.8 Å². The first-order valence-electron chi connectivity index (χ1n) is 8.58. The Morgan fingerprint density at radius 2 is 1.79 bits per heavy atom. The van der Waals surface area contributed by atoms with Crippen LogP contribution in [-0.4, -0.2) is 14.9 Å². The van der Waals surface area contributed by atoms with Gasteiger partial charge < -0.3 is 0 Å². The maximum atomic E-state index is 13.1. The Morgan fingerprint density at radius 3 is 2.50 bits per heavy atom. The molecule has 8 heteroatoms. The molecule has 0 aliphatic heterocycles. The molecular formula is C20H15BrN2O3S2. The summed E-state index contributed by atoms with van der Waals surface area (Å²) in [6.45, 7) is 0.179. The van der Waals surface area contributed by atoms with Gasteiger partial charge in [0.1, 0.15) is 4.70 Å². The van der Waals surface area contributed by atoms with Crippen LogP contribution in [0.15, 0.2) is 67.3 Å². The number of carbonyl (C=O) groups excluding carboxylic acids is 1. The zero-order valence-electron chi connectivity index (χ0n) is 14.6. The van der Waals surface area contributed by atoms with Gasteiger partial charge in [-0.05, 0) is 51.5 Å². The quantitative estimate of drug-likeness (QED) is 0.394. The van der Waals surface area contributed by atoms with Crippen LogP contribution in [0.5, 0.6) is 0 Å². The van der Waals surface area contributed by atoms with Gasteiger partial charge in [-0.1, -0.05) is 30.3 Å². The van der Waals surface area contributed by atoms with E-state index in [0.717, 1.165) is 9.35 Å². The predicted molar refractivity (Wildman–Crippen MR) is 117 cm³/mol. The smallest absolute Gasteiger partial charge is 0.291 e. The number of Topliss-reactive ketones (excluding diaryl/α,β-unsaturated/α-hetero) is 1. The second-order valence-electron chi connectivity index (χ2n) is 6.22. The molecule has 0 saturated carbocycles. The zero-order valence-corrected chi connectivity index (χ0v) is 17.9. The van der Waals surface area contributed by atoms with E-state index in [9.17, 15) is 14.4 Å². The number of hydrogen-bond donors (Lipinski definition) is 0. The summed E-state index contributed by atoms with van der Waals surface area (Å²) in [7, 11) is 0. The van der Waals surface area contributed by atoms with Gasteiger partial charge in [0.15, 0.2) is 5.78 Å². The Kier molecular flexibility index (Phi) is 5.43. The number of aromatic nitrogens is 2. The minimum absolute atomic E-state index is 0.0926. The second kappa shape index (κ2) is 7.98. The molecule has 4 aromatic rings. The minimum Gasteiger partial charge on any atom is -0.291 e. The van der Waals surface area contributed by atoms with Crippen molar-refractivity contribution in [2.75, 3.05) is 0 Å². The third-order valence-electron chi connectivity index (χ3n) is 4.45.